The second-order valence-electron chi connectivity index (χ2n) is 6.28. The van der Waals surface area contributed by atoms with Crippen molar-refractivity contribution in [2.75, 3.05) is 25.9 Å². The normalized spacial score (nSPS) is 23.4. The average Bonchev–Trinajstić information content (AvgIpc) is 2.32. The first-order chi connectivity index (χ1) is 9.34. The van der Waals surface area contributed by atoms with E-state index >= 15 is 0 Å². The van der Waals surface area contributed by atoms with Crippen molar-refractivity contribution in [3.8, 4) is 0 Å². The van der Waals surface area contributed by atoms with E-state index in [4.69, 9.17) is 5.73 Å². The van der Waals surface area contributed by atoms with E-state index in [1.165, 1.54) is 12.7 Å². The van der Waals surface area contributed by atoms with Crippen LogP contribution in [0.25, 0.3) is 0 Å². The third-order valence-corrected chi connectivity index (χ3v) is 5.36. The molecule has 0 spiro atoms. The zero-order valence-corrected chi connectivity index (χ0v) is 12.9. The summed E-state index contributed by atoms with van der Waals surface area (Å²) in [5.74, 6) is 0.174. The maximum absolute atomic E-state index is 12.3. The zero-order valence-electron chi connectivity index (χ0n) is 12.1. The molecule has 1 saturated heterocycles. The Hall–Kier alpha value is -0.660. The highest BCUT2D eigenvalue weighted by Crippen LogP contribution is 2.43. The molecule has 1 aliphatic carbocycles. The number of nitrogens with two attached hydrogens (primary N) is 1. The molecule has 116 valence electrons. The Bertz CT molecular complexity index is 446. The molecule has 7 heteroatoms. The SMILES string of the molecule is CS(=O)(=O)NC1CCN(C(=O)CC2(CN)CCC2)CC1. The van der Waals surface area contributed by atoms with Crippen LogP contribution < -0.4 is 10.5 Å². The van der Waals surface area contributed by atoms with Gasteiger partial charge in [-0.3, -0.25) is 4.79 Å². The van der Waals surface area contributed by atoms with E-state index in [9.17, 15) is 13.2 Å². The van der Waals surface area contributed by atoms with E-state index in [0.717, 1.165) is 12.8 Å². The first-order valence-corrected chi connectivity index (χ1v) is 9.18. The van der Waals surface area contributed by atoms with Crippen LogP contribution in [0.4, 0.5) is 0 Å². The number of likely N-dealkylation sites (tertiary alicyclic amines) is 1. The average molecular weight is 303 g/mol. The smallest absolute Gasteiger partial charge is 0.223 e. The fraction of sp³-hybridized carbons (Fsp3) is 0.923. The summed E-state index contributed by atoms with van der Waals surface area (Å²) in [5, 5.41) is 0. The molecule has 1 amide bonds. The number of carbonyl (C=O) groups is 1. The topological polar surface area (TPSA) is 92.5 Å². The van der Waals surface area contributed by atoms with Crippen molar-refractivity contribution < 1.29 is 13.2 Å². The highest BCUT2D eigenvalue weighted by Gasteiger charge is 2.39. The van der Waals surface area contributed by atoms with Crippen molar-refractivity contribution in [2.45, 2.75) is 44.6 Å². The van der Waals surface area contributed by atoms with Crippen molar-refractivity contribution in [1.29, 1.82) is 0 Å². The molecule has 0 unspecified atom stereocenters. The van der Waals surface area contributed by atoms with Crippen LogP contribution in [0.5, 0.6) is 0 Å². The number of carbonyl (C=O) groups excluding carboxylic acids is 1. The van der Waals surface area contributed by atoms with Gasteiger partial charge >= 0.3 is 0 Å². The largest absolute Gasteiger partial charge is 0.343 e. The van der Waals surface area contributed by atoms with Crippen LogP contribution in [-0.2, 0) is 14.8 Å². The number of piperidine rings is 1. The molecule has 0 bridgehead atoms. The number of amides is 1. The highest BCUT2D eigenvalue weighted by molar-refractivity contribution is 7.88. The number of nitrogens with zero attached hydrogens (tertiary/aromatic N) is 1. The van der Waals surface area contributed by atoms with Crippen molar-refractivity contribution in [3.05, 3.63) is 0 Å². The fourth-order valence-electron chi connectivity index (χ4n) is 3.11. The molecule has 1 aliphatic heterocycles. The summed E-state index contributed by atoms with van der Waals surface area (Å²) in [7, 11) is -3.16. The van der Waals surface area contributed by atoms with Gasteiger partial charge in [-0.05, 0) is 37.6 Å². The molecule has 6 nitrogen and oxygen atoms in total. The molecule has 0 aromatic heterocycles. The Balaban J connectivity index is 1.80. The van der Waals surface area contributed by atoms with Gasteiger partial charge in [0.1, 0.15) is 0 Å². The molecule has 2 rings (SSSR count). The van der Waals surface area contributed by atoms with Gasteiger partial charge in [0.2, 0.25) is 15.9 Å². The van der Waals surface area contributed by atoms with Gasteiger partial charge < -0.3 is 10.6 Å². The minimum Gasteiger partial charge on any atom is -0.343 e. The number of hydrogen-bond acceptors (Lipinski definition) is 4. The molecule has 20 heavy (non-hydrogen) atoms. The Morgan fingerprint density at radius 3 is 2.35 bits per heavy atom. The molecule has 2 fully saturated rings. The number of hydrogen-bond donors (Lipinski definition) is 2. The van der Waals surface area contributed by atoms with Gasteiger partial charge in [-0.25, -0.2) is 13.1 Å². The van der Waals surface area contributed by atoms with E-state index in [2.05, 4.69) is 4.72 Å². The lowest BCUT2D eigenvalue weighted by atomic mass is 9.66. The monoisotopic (exact) mass is 303 g/mol. The maximum atomic E-state index is 12.3. The lowest BCUT2D eigenvalue weighted by molar-refractivity contribution is -0.136. The zero-order chi connectivity index (χ0) is 14.8. The Morgan fingerprint density at radius 2 is 1.95 bits per heavy atom. The van der Waals surface area contributed by atoms with Crippen molar-refractivity contribution >= 4 is 15.9 Å². The minimum absolute atomic E-state index is 0.0405. The maximum Gasteiger partial charge on any atom is 0.223 e. The molecular weight excluding hydrogens is 278 g/mol. The molecule has 2 aliphatic rings. The summed E-state index contributed by atoms with van der Waals surface area (Å²) in [4.78, 5) is 14.1. The van der Waals surface area contributed by atoms with Crippen LogP contribution in [0.3, 0.4) is 0 Å². The van der Waals surface area contributed by atoms with Crippen LogP contribution >= 0.6 is 0 Å². The standard InChI is InChI=1S/C13H25N3O3S/c1-20(18,19)15-11-3-7-16(8-4-11)12(17)9-13(10-14)5-2-6-13/h11,15H,2-10,14H2,1H3. The van der Waals surface area contributed by atoms with Crippen LogP contribution in [0.1, 0.15) is 38.5 Å². The Labute approximate surface area is 121 Å². The van der Waals surface area contributed by atoms with E-state index in [1.807, 2.05) is 4.90 Å². The van der Waals surface area contributed by atoms with Crippen molar-refractivity contribution in [1.82, 2.24) is 9.62 Å². The molecule has 0 aromatic carbocycles. The molecule has 0 aromatic rings. The molecular formula is C13H25N3O3S. The summed E-state index contributed by atoms with van der Waals surface area (Å²) >= 11 is 0. The highest BCUT2D eigenvalue weighted by atomic mass is 32.2. The summed E-state index contributed by atoms with van der Waals surface area (Å²) in [5.41, 5.74) is 5.83. The first kappa shape index (κ1) is 15.7. The lowest BCUT2D eigenvalue weighted by Gasteiger charge is -2.42. The number of nitrogens with one attached hydrogen (secondary N) is 1. The van der Waals surface area contributed by atoms with Gasteiger partial charge in [0.05, 0.1) is 6.26 Å². The summed E-state index contributed by atoms with van der Waals surface area (Å²) in [6, 6.07) is -0.0405. The third-order valence-electron chi connectivity index (χ3n) is 4.60. The van der Waals surface area contributed by atoms with Gasteiger partial charge in [0.15, 0.2) is 0 Å². The molecule has 0 atom stereocenters. The van der Waals surface area contributed by atoms with Gasteiger partial charge in [-0.2, -0.15) is 0 Å². The van der Waals surface area contributed by atoms with Gasteiger partial charge in [-0.15, -0.1) is 0 Å². The predicted molar refractivity (Wildman–Crippen MR) is 77.5 cm³/mol. The van der Waals surface area contributed by atoms with Gasteiger partial charge in [0.25, 0.3) is 0 Å². The first-order valence-electron chi connectivity index (χ1n) is 7.29. The van der Waals surface area contributed by atoms with E-state index < -0.39 is 10.0 Å². The number of rotatable bonds is 5. The lowest BCUT2D eigenvalue weighted by Crippen LogP contribution is -2.48. The predicted octanol–water partition coefficient (Wildman–Crippen LogP) is 0.0457. The van der Waals surface area contributed by atoms with E-state index in [1.54, 1.807) is 0 Å². The van der Waals surface area contributed by atoms with Crippen LogP contribution in [0, 0.1) is 5.41 Å². The van der Waals surface area contributed by atoms with Crippen LogP contribution in [0.15, 0.2) is 0 Å². The number of sulfonamides is 1. The van der Waals surface area contributed by atoms with Crippen LogP contribution in [0.2, 0.25) is 0 Å². The van der Waals surface area contributed by atoms with Gasteiger partial charge in [-0.1, -0.05) is 6.42 Å². The molecule has 3 N–H and O–H groups in total. The minimum atomic E-state index is -3.16. The second kappa shape index (κ2) is 5.99. The van der Waals surface area contributed by atoms with E-state index in [0.29, 0.717) is 38.9 Å². The fourth-order valence-corrected chi connectivity index (χ4v) is 3.95. The molecule has 1 saturated carbocycles. The molecule has 0 radical (unpaired) electrons. The van der Waals surface area contributed by atoms with Crippen molar-refractivity contribution in [3.63, 3.8) is 0 Å². The quantitative estimate of drug-likeness (QED) is 0.750. The van der Waals surface area contributed by atoms with E-state index in [-0.39, 0.29) is 17.4 Å². The summed E-state index contributed by atoms with van der Waals surface area (Å²) in [6.45, 7) is 1.85. The third kappa shape index (κ3) is 3.93. The van der Waals surface area contributed by atoms with Gasteiger partial charge in [0, 0.05) is 25.6 Å². The summed E-state index contributed by atoms with van der Waals surface area (Å²) < 4.78 is 25.0. The Morgan fingerprint density at radius 1 is 1.35 bits per heavy atom. The molecule has 1 heterocycles. The summed E-state index contributed by atoms with van der Waals surface area (Å²) in [6.07, 6.45) is 6.39. The van der Waals surface area contributed by atoms with Crippen molar-refractivity contribution in [2.24, 2.45) is 11.1 Å². The Kier molecular flexibility index (Phi) is 4.71. The second-order valence-corrected chi connectivity index (χ2v) is 8.06. The van der Waals surface area contributed by atoms with Crippen LogP contribution in [-0.4, -0.2) is 51.2 Å².